The van der Waals surface area contributed by atoms with Gasteiger partial charge in [0.05, 0.1) is 0 Å². The van der Waals surface area contributed by atoms with Crippen LogP contribution in [0.25, 0.3) is 0 Å². The maximum atomic E-state index is 2.33. The van der Waals surface area contributed by atoms with Gasteiger partial charge in [-0.25, -0.2) is 0 Å². The minimum Gasteiger partial charge on any atom is -0.373 e. The highest BCUT2D eigenvalue weighted by atomic mass is 15.2. The largest absolute Gasteiger partial charge is 0.373 e. The average Bonchev–Trinajstić information content (AvgIpc) is 2.25. The molecule has 0 spiro atoms. The van der Waals surface area contributed by atoms with Crippen molar-refractivity contribution in [3.63, 3.8) is 0 Å². The summed E-state index contributed by atoms with van der Waals surface area (Å²) in [5.74, 6) is 0. The molecule has 84 valence electrons. The van der Waals surface area contributed by atoms with Gasteiger partial charge in [0.15, 0.2) is 0 Å². The van der Waals surface area contributed by atoms with Gasteiger partial charge in [0.2, 0.25) is 0 Å². The molecule has 0 radical (unpaired) electrons. The number of rotatable bonds is 5. The van der Waals surface area contributed by atoms with Crippen LogP contribution in [0.3, 0.4) is 0 Å². The molecule has 1 aromatic rings. The van der Waals surface area contributed by atoms with E-state index in [4.69, 9.17) is 0 Å². The monoisotopic (exact) mass is 206 g/mol. The first-order valence-corrected chi connectivity index (χ1v) is 5.59. The van der Waals surface area contributed by atoms with Gasteiger partial charge in [0, 0.05) is 25.8 Å². The Labute approximate surface area is 93.5 Å². The summed E-state index contributed by atoms with van der Waals surface area (Å²) in [6.07, 6.45) is 1.10. The Morgan fingerprint density at radius 3 is 2.27 bits per heavy atom. The highest BCUT2D eigenvalue weighted by Gasteiger charge is 2.04. The summed E-state index contributed by atoms with van der Waals surface area (Å²) in [7, 11) is 6.39. The van der Waals surface area contributed by atoms with E-state index in [1.54, 1.807) is 0 Å². The normalized spacial score (nSPS) is 10.7. The van der Waals surface area contributed by atoms with Crippen LogP contribution in [0, 0.1) is 0 Å². The minimum atomic E-state index is 1.07. The molecule has 0 amide bonds. The molecule has 1 rings (SSSR count). The fourth-order valence-corrected chi connectivity index (χ4v) is 1.65. The number of likely N-dealkylation sites (N-methyl/N-ethyl adjacent to an activating group) is 2. The second-order valence-corrected chi connectivity index (χ2v) is 4.21. The molecule has 2 heteroatoms. The van der Waals surface area contributed by atoms with Gasteiger partial charge in [-0.1, -0.05) is 25.1 Å². The molecule has 0 saturated carbocycles. The number of para-hydroxylation sites is 1. The lowest BCUT2D eigenvalue weighted by Crippen LogP contribution is -2.29. The van der Waals surface area contributed by atoms with E-state index in [0.717, 1.165) is 19.5 Å². The number of anilines is 1. The molecule has 1 aromatic carbocycles. The lowest BCUT2D eigenvalue weighted by Gasteiger charge is -2.23. The number of hydrogen-bond acceptors (Lipinski definition) is 2. The fourth-order valence-electron chi connectivity index (χ4n) is 1.65. The molecule has 0 unspecified atom stereocenters. The predicted octanol–water partition coefficient (Wildman–Crippen LogP) is 2.25. The Kier molecular flexibility index (Phi) is 4.63. The SMILES string of the molecule is CCc1ccccc1N(C)CCN(C)C. The van der Waals surface area contributed by atoms with Crippen molar-refractivity contribution in [3.05, 3.63) is 29.8 Å². The first-order chi connectivity index (χ1) is 7.15. The minimum absolute atomic E-state index is 1.07. The Balaban J connectivity index is 2.68. The first-order valence-electron chi connectivity index (χ1n) is 5.59. The van der Waals surface area contributed by atoms with Gasteiger partial charge in [-0.05, 0) is 32.1 Å². The summed E-state index contributed by atoms with van der Waals surface area (Å²) in [6, 6.07) is 8.64. The molecule has 0 atom stereocenters. The molecule has 0 aliphatic rings. The summed E-state index contributed by atoms with van der Waals surface area (Å²) in [5, 5.41) is 0. The zero-order chi connectivity index (χ0) is 11.3. The Bertz CT molecular complexity index is 294. The molecule has 0 heterocycles. The van der Waals surface area contributed by atoms with E-state index in [1.807, 2.05) is 0 Å². The van der Waals surface area contributed by atoms with Crippen molar-refractivity contribution in [1.29, 1.82) is 0 Å². The van der Waals surface area contributed by atoms with E-state index in [1.165, 1.54) is 11.3 Å². The molecule has 0 saturated heterocycles. The van der Waals surface area contributed by atoms with Crippen LogP contribution >= 0.6 is 0 Å². The second-order valence-electron chi connectivity index (χ2n) is 4.21. The number of benzene rings is 1. The van der Waals surface area contributed by atoms with Crippen molar-refractivity contribution in [2.75, 3.05) is 39.1 Å². The van der Waals surface area contributed by atoms with Crippen LogP contribution in [0.5, 0.6) is 0 Å². The number of nitrogens with zero attached hydrogens (tertiary/aromatic N) is 2. The quantitative estimate of drug-likeness (QED) is 0.729. The zero-order valence-corrected chi connectivity index (χ0v) is 10.3. The Morgan fingerprint density at radius 1 is 1.00 bits per heavy atom. The van der Waals surface area contributed by atoms with Crippen molar-refractivity contribution >= 4 is 5.69 Å². The van der Waals surface area contributed by atoms with Crippen LogP contribution < -0.4 is 4.90 Å². The van der Waals surface area contributed by atoms with Crippen LogP contribution in [0.2, 0.25) is 0 Å². The van der Waals surface area contributed by atoms with Crippen molar-refractivity contribution in [2.24, 2.45) is 0 Å². The van der Waals surface area contributed by atoms with Crippen LogP contribution in [0.15, 0.2) is 24.3 Å². The van der Waals surface area contributed by atoms with Gasteiger partial charge in [-0.2, -0.15) is 0 Å². The van der Waals surface area contributed by atoms with Crippen molar-refractivity contribution in [3.8, 4) is 0 Å². The molecule has 0 bridgehead atoms. The van der Waals surface area contributed by atoms with Gasteiger partial charge in [0.1, 0.15) is 0 Å². The zero-order valence-electron chi connectivity index (χ0n) is 10.3. The molecular weight excluding hydrogens is 184 g/mol. The fraction of sp³-hybridized carbons (Fsp3) is 0.538. The lowest BCUT2D eigenvalue weighted by atomic mass is 10.1. The summed E-state index contributed by atoms with van der Waals surface area (Å²) < 4.78 is 0. The van der Waals surface area contributed by atoms with Gasteiger partial charge >= 0.3 is 0 Å². The molecule has 0 N–H and O–H groups in total. The lowest BCUT2D eigenvalue weighted by molar-refractivity contribution is 0.416. The third-order valence-corrected chi connectivity index (χ3v) is 2.67. The number of hydrogen-bond donors (Lipinski definition) is 0. The standard InChI is InChI=1S/C13H22N2/c1-5-12-8-6-7-9-13(12)15(4)11-10-14(2)3/h6-9H,5,10-11H2,1-4H3. The van der Waals surface area contributed by atoms with Crippen molar-refractivity contribution in [2.45, 2.75) is 13.3 Å². The van der Waals surface area contributed by atoms with Crippen molar-refractivity contribution < 1.29 is 0 Å². The predicted molar refractivity (Wildman–Crippen MR) is 67.6 cm³/mol. The summed E-state index contributed by atoms with van der Waals surface area (Å²) in [5.41, 5.74) is 2.79. The van der Waals surface area contributed by atoms with Gasteiger partial charge in [-0.3, -0.25) is 0 Å². The van der Waals surface area contributed by atoms with Crippen molar-refractivity contribution in [1.82, 2.24) is 4.90 Å². The first kappa shape index (κ1) is 12.1. The maximum Gasteiger partial charge on any atom is 0.0396 e. The Hall–Kier alpha value is -1.02. The Morgan fingerprint density at radius 2 is 1.67 bits per heavy atom. The molecule has 0 fully saturated rings. The number of aryl methyl sites for hydroxylation is 1. The molecule has 0 aliphatic heterocycles. The van der Waals surface area contributed by atoms with E-state index in [-0.39, 0.29) is 0 Å². The maximum absolute atomic E-state index is 2.33. The molecule has 0 aliphatic carbocycles. The van der Waals surface area contributed by atoms with E-state index in [0.29, 0.717) is 0 Å². The average molecular weight is 206 g/mol. The van der Waals surface area contributed by atoms with E-state index in [9.17, 15) is 0 Å². The van der Waals surface area contributed by atoms with Gasteiger partial charge in [0.25, 0.3) is 0 Å². The molecular formula is C13H22N2. The summed E-state index contributed by atoms with van der Waals surface area (Å²) >= 11 is 0. The third-order valence-electron chi connectivity index (χ3n) is 2.67. The van der Waals surface area contributed by atoms with Crippen LogP contribution in [0.4, 0.5) is 5.69 Å². The van der Waals surface area contributed by atoms with Crippen LogP contribution in [-0.2, 0) is 6.42 Å². The molecule has 0 aromatic heterocycles. The highest BCUT2D eigenvalue weighted by molar-refractivity contribution is 5.52. The van der Waals surface area contributed by atoms with E-state index in [2.05, 4.69) is 62.1 Å². The summed E-state index contributed by atoms with van der Waals surface area (Å²) in [6.45, 7) is 4.37. The van der Waals surface area contributed by atoms with E-state index >= 15 is 0 Å². The molecule has 15 heavy (non-hydrogen) atoms. The molecule has 2 nitrogen and oxygen atoms in total. The van der Waals surface area contributed by atoms with E-state index < -0.39 is 0 Å². The highest BCUT2D eigenvalue weighted by Crippen LogP contribution is 2.19. The topological polar surface area (TPSA) is 6.48 Å². The van der Waals surface area contributed by atoms with Gasteiger partial charge < -0.3 is 9.80 Å². The van der Waals surface area contributed by atoms with Crippen LogP contribution in [-0.4, -0.2) is 39.1 Å². The van der Waals surface area contributed by atoms with Gasteiger partial charge in [-0.15, -0.1) is 0 Å². The van der Waals surface area contributed by atoms with Crippen LogP contribution in [0.1, 0.15) is 12.5 Å². The summed E-state index contributed by atoms with van der Waals surface area (Å²) in [4.78, 5) is 4.55. The third kappa shape index (κ3) is 3.56. The smallest absolute Gasteiger partial charge is 0.0396 e. The second kappa shape index (κ2) is 5.76.